The van der Waals surface area contributed by atoms with Crippen molar-refractivity contribution >= 4 is 12.0 Å². The van der Waals surface area contributed by atoms with E-state index in [-0.39, 0.29) is 12.6 Å². The summed E-state index contributed by atoms with van der Waals surface area (Å²) < 4.78 is 10.3. The molecule has 3 heteroatoms. The van der Waals surface area contributed by atoms with E-state index < -0.39 is 0 Å². The van der Waals surface area contributed by atoms with Crippen molar-refractivity contribution in [3.05, 3.63) is 41.5 Å². The molecule has 0 N–H and O–H groups in total. The van der Waals surface area contributed by atoms with Gasteiger partial charge in [0.1, 0.15) is 0 Å². The number of ether oxygens (including phenoxy) is 2. The van der Waals surface area contributed by atoms with Crippen LogP contribution in [0.2, 0.25) is 0 Å². The molecule has 0 aliphatic heterocycles. The lowest BCUT2D eigenvalue weighted by Gasteiger charge is -2.07. The highest BCUT2D eigenvalue weighted by molar-refractivity contribution is 5.93. The first kappa shape index (κ1) is 13.5. The molecule has 0 radical (unpaired) electrons. The smallest absolute Gasteiger partial charge is 0.336 e. The van der Waals surface area contributed by atoms with Crippen molar-refractivity contribution in [2.45, 2.75) is 13.8 Å². The highest BCUT2D eigenvalue weighted by atomic mass is 16.5. The van der Waals surface area contributed by atoms with Crippen molar-refractivity contribution in [3.8, 4) is 0 Å². The van der Waals surface area contributed by atoms with Crippen LogP contribution in [0.3, 0.4) is 0 Å². The van der Waals surface area contributed by atoms with Crippen LogP contribution in [0, 0.1) is 0 Å². The fourth-order valence-electron chi connectivity index (χ4n) is 1.35. The second-order valence-electron chi connectivity index (χ2n) is 3.44. The molecule has 1 aromatic rings. The second kappa shape index (κ2) is 7.63. The molecule has 3 nitrogen and oxygen atoms in total. The van der Waals surface area contributed by atoms with E-state index >= 15 is 0 Å². The predicted octanol–water partition coefficient (Wildman–Crippen LogP) is 2.67. The molecule has 0 heterocycles. The van der Waals surface area contributed by atoms with Crippen LogP contribution in [0.4, 0.5) is 0 Å². The summed E-state index contributed by atoms with van der Waals surface area (Å²) in [6.07, 6.45) is 1.80. The molecular weight excluding hydrogens is 216 g/mol. The van der Waals surface area contributed by atoms with Crippen LogP contribution in [0.25, 0.3) is 6.08 Å². The van der Waals surface area contributed by atoms with Gasteiger partial charge in [-0.2, -0.15) is 0 Å². The number of carbonyl (C=O) groups is 1. The highest BCUT2D eigenvalue weighted by Gasteiger charge is 2.10. The zero-order valence-electron chi connectivity index (χ0n) is 10.3. The minimum Gasteiger partial charge on any atom is -0.463 e. The SMILES string of the molecule is CCOC/C(=C\c1ccccc1)C(=O)OCC. The van der Waals surface area contributed by atoms with Gasteiger partial charge in [-0.25, -0.2) is 4.79 Å². The third-order valence-corrected chi connectivity index (χ3v) is 2.14. The fourth-order valence-corrected chi connectivity index (χ4v) is 1.35. The molecule has 17 heavy (non-hydrogen) atoms. The van der Waals surface area contributed by atoms with Crippen molar-refractivity contribution in [1.82, 2.24) is 0 Å². The Balaban J connectivity index is 2.81. The van der Waals surface area contributed by atoms with Crippen molar-refractivity contribution in [2.24, 2.45) is 0 Å². The Morgan fingerprint density at radius 1 is 1.18 bits per heavy atom. The standard InChI is InChI=1S/C14H18O3/c1-3-16-11-13(14(15)17-4-2)10-12-8-6-5-7-9-12/h5-10H,3-4,11H2,1-2H3/b13-10+. The van der Waals surface area contributed by atoms with Crippen molar-refractivity contribution < 1.29 is 14.3 Å². The van der Waals surface area contributed by atoms with E-state index in [9.17, 15) is 4.79 Å². The van der Waals surface area contributed by atoms with Gasteiger partial charge in [0.05, 0.1) is 18.8 Å². The van der Waals surface area contributed by atoms with Crippen LogP contribution in [-0.4, -0.2) is 25.8 Å². The second-order valence-corrected chi connectivity index (χ2v) is 3.44. The Hall–Kier alpha value is -1.61. The molecule has 0 unspecified atom stereocenters. The highest BCUT2D eigenvalue weighted by Crippen LogP contribution is 2.08. The van der Waals surface area contributed by atoms with E-state index in [0.717, 1.165) is 5.56 Å². The van der Waals surface area contributed by atoms with Crippen LogP contribution in [0.1, 0.15) is 19.4 Å². The predicted molar refractivity (Wildman–Crippen MR) is 67.5 cm³/mol. The van der Waals surface area contributed by atoms with Gasteiger partial charge in [0.2, 0.25) is 0 Å². The Labute approximate surface area is 102 Å². The number of hydrogen-bond acceptors (Lipinski definition) is 3. The molecule has 0 saturated heterocycles. The molecule has 1 aromatic carbocycles. The largest absolute Gasteiger partial charge is 0.463 e. The number of carbonyl (C=O) groups excluding carboxylic acids is 1. The Kier molecular flexibility index (Phi) is 6.04. The normalized spacial score (nSPS) is 11.3. The summed E-state index contributed by atoms with van der Waals surface area (Å²) >= 11 is 0. The summed E-state index contributed by atoms with van der Waals surface area (Å²) in [6.45, 7) is 4.91. The topological polar surface area (TPSA) is 35.5 Å². The maximum Gasteiger partial charge on any atom is 0.336 e. The summed E-state index contributed by atoms with van der Waals surface area (Å²) in [6, 6.07) is 9.66. The zero-order valence-corrected chi connectivity index (χ0v) is 10.3. The number of benzene rings is 1. The number of esters is 1. The van der Waals surface area contributed by atoms with E-state index in [2.05, 4.69) is 0 Å². The van der Waals surface area contributed by atoms with Gasteiger partial charge >= 0.3 is 5.97 Å². The Bertz CT molecular complexity index is 368. The monoisotopic (exact) mass is 234 g/mol. The lowest BCUT2D eigenvalue weighted by Crippen LogP contribution is -2.12. The molecule has 0 saturated carbocycles. The lowest BCUT2D eigenvalue weighted by molar-refractivity contribution is -0.139. The van der Waals surface area contributed by atoms with E-state index in [1.807, 2.05) is 37.3 Å². The summed E-state index contributed by atoms with van der Waals surface area (Å²) in [4.78, 5) is 11.7. The molecule has 1 rings (SSSR count). The van der Waals surface area contributed by atoms with Crippen LogP contribution in [-0.2, 0) is 14.3 Å². The van der Waals surface area contributed by atoms with Gasteiger partial charge < -0.3 is 9.47 Å². The average molecular weight is 234 g/mol. The maximum absolute atomic E-state index is 11.7. The van der Waals surface area contributed by atoms with E-state index in [4.69, 9.17) is 9.47 Å². The van der Waals surface area contributed by atoms with Crippen molar-refractivity contribution in [3.63, 3.8) is 0 Å². The molecule has 0 fully saturated rings. The van der Waals surface area contributed by atoms with E-state index in [0.29, 0.717) is 18.8 Å². The quantitative estimate of drug-likeness (QED) is 0.560. The molecular formula is C14H18O3. The molecule has 0 aliphatic carbocycles. The Morgan fingerprint density at radius 2 is 1.88 bits per heavy atom. The van der Waals surface area contributed by atoms with E-state index in [1.165, 1.54) is 0 Å². The van der Waals surface area contributed by atoms with Gasteiger partial charge in [0, 0.05) is 6.61 Å². The van der Waals surface area contributed by atoms with E-state index in [1.54, 1.807) is 13.0 Å². The minimum atomic E-state index is -0.315. The first-order chi connectivity index (χ1) is 8.27. The third-order valence-electron chi connectivity index (χ3n) is 2.14. The van der Waals surface area contributed by atoms with Crippen LogP contribution in [0.5, 0.6) is 0 Å². The van der Waals surface area contributed by atoms with Gasteiger partial charge in [-0.1, -0.05) is 30.3 Å². The first-order valence-corrected chi connectivity index (χ1v) is 5.78. The van der Waals surface area contributed by atoms with Crippen molar-refractivity contribution in [2.75, 3.05) is 19.8 Å². The molecule has 0 bridgehead atoms. The Morgan fingerprint density at radius 3 is 2.47 bits per heavy atom. The summed E-state index contributed by atoms with van der Waals surface area (Å²) in [7, 11) is 0. The molecule has 0 aromatic heterocycles. The van der Waals surface area contributed by atoms with Gasteiger partial charge in [0.25, 0.3) is 0 Å². The van der Waals surface area contributed by atoms with Gasteiger partial charge in [-0.3, -0.25) is 0 Å². The first-order valence-electron chi connectivity index (χ1n) is 5.78. The lowest BCUT2D eigenvalue weighted by atomic mass is 10.1. The maximum atomic E-state index is 11.7. The summed E-state index contributed by atoms with van der Waals surface area (Å²) in [5.41, 5.74) is 1.51. The minimum absolute atomic E-state index is 0.282. The van der Waals surface area contributed by atoms with Gasteiger partial charge in [0.15, 0.2) is 0 Å². The third kappa shape index (κ3) is 4.83. The van der Waals surface area contributed by atoms with Gasteiger partial charge in [-0.05, 0) is 25.5 Å². The molecule has 0 aliphatic rings. The summed E-state index contributed by atoms with van der Waals surface area (Å²) in [5.74, 6) is -0.315. The van der Waals surface area contributed by atoms with Gasteiger partial charge in [-0.15, -0.1) is 0 Å². The van der Waals surface area contributed by atoms with Crippen LogP contribution in [0.15, 0.2) is 35.9 Å². The molecule has 92 valence electrons. The number of rotatable bonds is 6. The molecule has 0 spiro atoms. The zero-order chi connectivity index (χ0) is 12.5. The summed E-state index contributed by atoms with van der Waals surface area (Å²) in [5, 5.41) is 0. The van der Waals surface area contributed by atoms with Crippen LogP contribution < -0.4 is 0 Å². The molecule has 0 atom stereocenters. The van der Waals surface area contributed by atoms with Crippen LogP contribution >= 0.6 is 0 Å². The fraction of sp³-hybridized carbons (Fsp3) is 0.357. The van der Waals surface area contributed by atoms with Crippen molar-refractivity contribution in [1.29, 1.82) is 0 Å². The molecule has 0 amide bonds. The number of hydrogen-bond donors (Lipinski definition) is 0. The average Bonchev–Trinajstić information content (AvgIpc) is 2.36.